The van der Waals surface area contributed by atoms with E-state index in [-0.39, 0.29) is 11.8 Å². The number of rotatable bonds is 5. The number of nitrogens with zero attached hydrogens (tertiary/aromatic N) is 2. The number of benzene rings is 2. The normalized spacial score (nSPS) is 21.4. The summed E-state index contributed by atoms with van der Waals surface area (Å²) in [5.74, 6) is 1.39. The zero-order valence-corrected chi connectivity index (χ0v) is 19.3. The van der Waals surface area contributed by atoms with Gasteiger partial charge in [0.05, 0.1) is 25.5 Å². The van der Waals surface area contributed by atoms with E-state index in [1.165, 1.54) is 4.90 Å². The van der Waals surface area contributed by atoms with E-state index >= 15 is 0 Å². The fourth-order valence-electron chi connectivity index (χ4n) is 4.84. The summed E-state index contributed by atoms with van der Waals surface area (Å²) in [6.45, 7) is 7.86. The van der Waals surface area contributed by atoms with Crippen molar-refractivity contribution >= 4 is 23.1 Å². The number of piperidine rings is 1. The molecule has 0 saturated carbocycles. The van der Waals surface area contributed by atoms with Gasteiger partial charge in [-0.1, -0.05) is 37.6 Å². The average Bonchev–Trinajstić information content (AvgIpc) is 3.03. The lowest BCUT2D eigenvalue weighted by Crippen LogP contribution is -2.42. The molecule has 0 radical (unpaired) electrons. The molecule has 6 heteroatoms. The average molecular weight is 435 g/mol. The number of aryl methyl sites for hydroxylation is 1. The Kier molecular flexibility index (Phi) is 5.96. The number of carbonyl (C=O) groups is 2. The number of amides is 2. The highest BCUT2D eigenvalue weighted by Crippen LogP contribution is 2.39. The molecular formula is C26H30N2O4. The first kappa shape index (κ1) is 21.9. The van der Waals surface area contributed by atoms with Crippen LogP contribution in [0.4, 0.5) is 5.69 Å². The molecule has 2 heterocycles. The van der Waals surface area contributed by atoms with E-state index in [0.717, 1.165) is 25.1 Å². The molecule has 1 fully saturated rings. The fraction of sp³-hybridized carbons (Fsp3) is 0.385. The van der Waals surface area contributed by atoms with Gasteiger partial charge in [-0.2, -0.15) is 0 Å². The van der Waals surface area contributed by atoms with Crippen molar-refractivity contribution < 1.29 is 19.1 Å². The third-order valence-corrected chi connectivity index (χ3v) is 6.21. The molecule has 0 spiro atoms. The quantitative estimate of drug-likeness (QED) is 0.658. The molecule has 2 amide bonds. The van der Waals surface area contributed by atoms with Crippen LogP contribution in [0, 0.1) is 18.8 Å². The van der Waals surface area contributed by atoms with Crippen LogP contribution in [0.3, 0.4) is 0 Å². The summed E-state index contributed by atoms with van der Waals surface area (Å²) in [5, 5.41) is 0. The van der Waals surface area contributed by atoms with Gasteiger partial charge in [-0.3, -0.25) is 9.59 Å². The van der Waals surface area contributed by atoms with Gasteiger partial charge < -0.3 is 14.4 Å². The Morgan fingerprint density at radius 2 is 1.47 bits per heavy atom. The van der Waals surface area contributed by atoms with E-state index in [4.69, 9.17) is 9.47 Å². The first-order chi connectivity index (χ1) is 15.3. The molecule has 2 atom stereocenters. The van der Waals surface area contributed by atoms with Gasteiger partial charge in [0.15, 0.2) is 11.5 Å². The SMILES string of the molecule is COc1ccc(C2=C(N3CC(C)CC(C)C3)C(=O)N(c3ccc(C)cc3)C2=O)cc1OC. The number of methoxy groups -OCH3 is 2. The van der Waals surface area contributed by atoms with Gasteiger partial charge in [0.25, 0.3) is 11.8 Å². The number of hydrogen-bond donors (Lipinski definition) is 0. The van der Waals surface area contributed by atoms with Crippen molar-refractivity contribution in [2.24, 2.45) is 11.8 Å². The molecule has 2 aromatic carbocycles. The summed E-state index contributed by atoms with van der Waals surface area (Å²) in [5.41, 5.74) is 3.19. The van der Waals surface area contributed by atoms with Crippen molar-refractivity contribution in [2.45, 2.75) is 27.2 Å². The van der Waals surface area contributed by atoms with Gasteiger partial charge in [0, 0.05) is 13.1 Å². The molecule has 0 aromatic heterocycles. The van der Waals surface area contributed by atoms with Crippen LogP contribution in [-0.4, -0.2) is 44.0 Å². The summed E-state index contributed by atoms with van der Waals surface area (Å²) < 4.78 is 10.8. The van der Waals surface area contributed by atoms with Gasteiger partial charge in [-0.25, -0.2) is 4.90 Å². The summed E-state index contributed by atoms with van der Waals surface area (Å²) >= 11 is 0. The third kappa shape index (κ3) is 3.85. The van der Waals surface area contributed by atoms with Crippen LogP contribution >= 0.6 is 0 Å². The second-order valence-electron chi connectivity index (χ2n) is 8.93. The zero-order valence-electron chi connectivity index (χ0n) is 19.3. The largest absolute Gasteiger partial charge is 0.493 e. The molecule has 2 aliphatic rings. The van der Waals surface area contributed by atoms with Gasteiger partial charge in [-0.15, -0.1) is 0 Å². The maximum atomic E-state index is 13.7. The minimum atomic E-state index is -0.313. The van der Waals surface area contributed by atoms with Crippen LogP contribution in [-0.2, 0) is 9.59 Å². The molecule has 0 N–H and O–H groups in total. The van der Waals surface area contributed by atoms with Crippen molar-refractivity contribution in [2.75, 3.05) is 32.2 Å². The molecule has 0 aliphatic carbocycles. The van der Waals surface area contributed by atoms with Crippen LogP contribution < -0.4 is 14.4 Å². The summed E-state index contributed by atoms with van der Waals surface area (Å²) in [7, 11) is 3.13. The lowest BCUT2D eigenvalue weighted by atomic mass is 9.91. The van der Waals surface area contributed by atoms with Crippen LogP contribution in [0.5, 0.6) is 11.5 Å². The topological polar surface area (TPSA) is 59.1 Å². The van der Waals surface area contributed by atoms with Crippen molar-refractivity contribution in [3.8, 4) is 11.5 Å². The van der Waals surface area contributed by atoms with Crippen LogP contribution in [0.25, 0.3) is 5.57 Å². The number of ether oxygens (including phenoxy) is 2. The van der Waals surface area contributed by atoms with Crippen LogP contribution in [0.2, 0.25) is 0 Å². The van der Waals surface area contributed by atoms with E-state index in [2.05, 4.69) is 18.7 Å². The number of likely N-dealkylation sites (tertiary alicyclic amines) is 1. The molecule has 4 rings (SSSR count). The molecule has 32 heavy (non-hydrogen) atoms. The lowest BCUT2D eigenvalue weighted by molar-refractivity contribution is -0.120. The summed E-state index contributed by atoms with van der Waals surface area (Å²) in [6.07, 6.45) is 1.11. The third-order valence-electron chi connectivity index (χ3n) is 6.21. The Labute approximate surface area is 189 Å². The Hall–Kier alpha value is -3.28. The smallest absolute Gasteiger partial charge is 0.282 e. The number of carbonyl (C=O) groups excluding carboxylic acids is 2. The molecular weight excluding hydrogens is 404 g/mol. The zero-order chi connectivity index (χ0) is 23.0. The van der Waals surface area contributed by atoms with Gasteiger partial charge >= 0.3 is 0 Å². The Balaban J connectivity index is 1.86. The summed E-state index contributed by atoms with van der Waals surface area (Å²) in [6, 6.07) is 12.8. The number of anilines is 1. The summed E-state index contributed by atoms with van der Waals surface area (Å²) in [4.78, 5) is 30.8. The maximum absolute atomic E-state index is 13.7. The first-order valence-corrected chi connectivity index (χ1v) is 11.0. The van der Waals surface area contributed by atoms with Gasteiger partial charge in [0.2, 0.25) is 0 Å². The number of hydrogen-bond acceptors (Lipinski definition) is 5. The van der Waals surface area contributed by atoms with Crippen molar-refractivity contribution in [1.82, 2.24) is 4.90 Å². The van der Waals surface area contributed by atoms with Crippen molar-refractivity contribution in [3.05, 3.63) is 59.3 Å². The predicted octanol–water partition coefficient (Wildman–Crippen LogP) is 4.27. The molecule has 168 valence electrons. The van der Waals surface area contributed by atoms with Crippen LogP contribution in [0.1, 0.15) is 31.4 Å². The molecule has 2 aliphatic heterocycles. The first-order valence-electron chi connectivity index (χ1n) is 11.0. The van der Waals surface area contributed by atoms with E-state index in [0.29, 0.717) is 45.9 Å². The number of imide groups is 1. The van der Waals surface area contributed by atoms with E-state index in [1.54, 1.807) is 26.4 Å². The van der Waals surface area contributed by atoms with E-state index in [1.807, 2.05) is 37.3 Å². The standard InChI is InChI=1S/C26H30N2O4/c1-16-6-9-20(10-7-16)28-25(29)23(19-8-11-21(31-4)22(13-19)32-5)24(26(28)30)27-14-17(2)12-18(3)15-27/h6-11,13,17-18H,12,14-15H2,1-5H3. The Morgan fingerprint density at radius 1 is 0.844 bits per heavy atom. The highest BCUT2D eigenvalue weighted by molar-refractivity contribution is 6.45. The highest BCUT2D eigenvalue weighted by atomic mass is 16.5. The van der Waals surface area contributed by atoms with Gasteiger partial charge in [0.1, 0.15) is 5.70 Å². The second-order valence-corrected chi connectivity index (χ2v) is 8.93. The van der Waals surface area contributed by atoms with Crippen molar-refractivity contribution in [3.63, 3.8) is 0 Å². The van der Waals surface area contributed by atoms with E-state index < -0.39 is 0 Å². The van der Waals surface area contributed by atoms with E-state index in [9.17, 15) is 9.59 Å². The molecule has 1 saturated heterocycles. The molecule has 6 nitrogen and oxygen atoms in total. The molecule has 0 bridgehead atoms. The minimum Gasteiger partial charge on any atom is -0.493 e. The molecule has 2 aromatic rings. The maximum Gasteiger partial charge on any atom is 0.282 e. The Bertz CT molecular complexity index is 1060. The van der Waals surface area contributed by atoms with Crippen LogP contribution in [0.15, 0.2) is 48.2 Å². The fourth-order valence-corrected chi connectivity index (χ4v) is 4.84. The predicted molar refractivity (Wildman–Crippen MR) is 125 cm³/mol. The second kappa shape index (κ2) is 8.69. The Morgan fingerprint density at radius 3 is 2.06 bits per heavy atom. The molecule has 2 unspecified atom stereocenters. The van der Waals surface area contributed by atoms with Gasteiger partial charge in [-0.05, 0) is 55.0 Å². The minimum absolute atomic E-state index is 0.273. The van der Waals surface area contributed by atoms with Crippen molar-refractivity contribution in [1.29, 1.82) is 0 Å². The highest BCUT2D eigenvalue weighted by Gasteiger charge is 2.43. The lowest BCUT2D eigenvalue weighted by Gasteiger charge is -2.37. The monoisotopic (exact) mass is 434 g/mol.